The Morgan fingerprint density at radius 3 is 2.52 bits per heavy atom. The van der Waals surface area contributed by atoms with Crippen LogP contribution in [0.1, 0.15) is 19.4 Å². The monoisotopic (exact) mass is 322 g/mol. The summed E-state index contributed by atoms with van der Waals surface area (Å²) in [7, 11) is 0. The van der Waals surface area contributed by atoms with Crippen LogP contribution in [0, 0.1) is 5.82 Å². The number of nitrogens with zero attached hydrogens (tertiary/aromatic N) is 2. The number of anilines is 1. The van der Waals surface area contributed by atoms with Gasteiger partial charge in [0.25, 0.3) is 0 Å². The van der Waals surface area contributed by atoms with Crippen LogP contribution in [-0.2, 0) is 6.54 Å². The van der Waals surface area contributed by atoms with E-state index in [-0.39, 0.29) is 12.6 Å². The summed E-state index contributed by atoms with van der Waals surface area (Å²) in [5.41, 5.74) is 0.380. The fourth-order valence-electron chi connectivity index (χ4n) is 2.56. The van der Waals surface area contributed by atoms with Gasteiger partial charge in [0.1, 0.15) is 23.2 Å². The van der Waals surface area contributed by atoms with Crippen LogP contribution in [0.4, 0.5) is 23.7 Å². The van der Waals surface area contributed by atoms with Gasteiger partial charge in [0, 0.05) is 6.04 Å². The van der Waals surface area contributed by atoms with Crippen molar-refractivity contribution >= 4 is 11.7 Å². The Labute approximate surface area is 133 Å². The topological polar surface area (TPSA) is 23.6 Å². The van der Waals surface area contributed by atoms with E-state index in [2.05, 4.69) is 13.2 Å². The van der Waals surface area contributed by atoms with Gasteiger partial charge in [-0.25, -0.2) is 18.0 Å². The molecule has 1 aromatic rings. The lowest BCUT2D eigenvalue weighted by Crippen LogP contribution is -2.50. The summed E-state index contributed by atoms with van der Waals surface area (Å²) in [5.74, 6) is -2.59. The summed E-state index contributed by atoms with van der Waals surface area (Å²) in [6.07, 6.45) is 0.800. The van der Waals surface area contributed by atoms with Crippen molar-refractivity contribution in [2.24, 2.45) is 0 Å². The molecule has 122 valence electrons. The van der Waals surface area contributed by atoms with Crippen molar-refractivity contribution in [2.75, 3.05) is 4.90 Å². The molecule has 0 N–H and O–H groups in total. The van der Waals surface area contributed by atoms with Crippen LogP contribution >= 0.6 is 0 Å². The van der Waals surface area contributed by atoms with Gasteiger partial charge in [-0.3, -0.25) is 9.80 Å². The molecule has 0 aromatic heterocycles. The highest BCUT2D eigenvalue weighted by Crippen LogP contribution is 2.35. The van der Waals surface area contributed by atoms with E-state index in [9.17, 15) is 18.0 Å². The van der Waals surface area contributed by atoms with Crippen molar-refractivity contribution in [3.05, 3.63) is 66.2 Å². The molecule has 0 bridgehead atoms. The number of urea groups is 1. The van der Waals surface area contributed by atoms with Crippen LogP contribution in [-0.4, -0.2) is 17.0 Å². The maximum atomic E-state index is 14.0. The second-order valence-corrected chi connectivity index (χ2v) is 5.41. The summed E-state index contributed by atoms with van der Waals surface area (Å²) in [5, 5.41) is 0. The third-order valence-electron chi connectivity index (χ3n) is 3.52. The molecule has 0 atom stereocenters. The van der Waals surface area contributed by atoms with Gasteiger partial charge in [-0.15, -0.1) is 0 Å². The standard InChI is InChI=1S/C17H17F3N2O/c1-5-14(20)16(11(4)18)21-9-12-8-13(19)6-7-15(12)22(10(2)3)17(21)23/h5-8,10H,1,4,9H2,2-3H3/b16-14-. The number of benzene rings is 1. The SMILES string of the molecule is C=C/C(F)=C(\C(=C)F)N1Cc2cc(F)ccc2N(C(C)C)C1=O. The zero-order valence-electron chi connectivity index (χ0n) is 12.9. The van der Waals surface area contributed by atoms with Gasteiger partial charge in [0.2, 0.25) is 0 Å². The van der Waals surface area contributed by atoms with E-state index in [1.807, 2.05) is 0 Å². The first-order valence-corrected chi connectivity index (χ1v) is 7.04. The zero-order valence-corrected chi connectivity index (χ0v) is 12.9. The number of carbonyl (C=O) groups excluding carboxylic acids is 1. The highest BCUT2D eigenvalue weighted by molar-refractivity contribution is 5.96. The molecule has 1 aromatic carbocycles. The van der Waals surface area contributed by atoms with Crippen molar-refractivity contribution in [1.82, 2.24) is 4.90 Å². The Hall–Kier alpha value is -2.50. The van der Waals surface area contributed by atoms with E-state index in [0.717, 1.165) is 11.0 Å². The van der Waals surface area contributed by atoms with Crippen LogP contribution in [0.2, 0.25) is 0 Å². The average molecular weight is 322 g/mol. The van der Waals surface area contributed by atoms with Crippen molar-refractivity contribution in [1.29, 1.82) is 0 Å². The lowest BCUT2D eigenvalue weighted by molar-refractivity contribution is 0.208. The molecule has 0 spiro atoms. The summed E-state index contributed by atoms with van der Waals surface area (Å²) in [6, 6.07) is 3.08. The maximum Gasteiger partial charge on any atom is 0.329 e. The minimum atomic E-state index is -1.10. The highest BCUT2D eigenvalue weighted by Gasteiger charge is 2.36. The van der Waals surface area contributed by atoms with E-state index >= 15 is 0 Å². The molecule has 1 heterocycles. The number of carbonyl (C=O) groups is 1. The molecule has 0 radical (unpaired) electrons. The second kappa shape index (κ2) is 6.32. The Balaban J connectivity index is 2.63. The van der Waals surface area contributed by atoms with Gasteiger partial charge in [0.05, 0.1) is 12.2 Å². The number of hydrogen-bond acceptors (Lipinski definition) is 1. The van der Waals surface area contributed by atoms with Crippen LogP contribution < -0.4 is 4.90 Å². The molecule has 2 amide bonds. The summed E-state index contributed by atoms with van der Waals surface area (Å²) in [4.78, 5) is 15.0. The van der Waals surface area contributed by atoms with E-state index in [1.54, 1.807) is 13.8 Å². The predicted octanol–water partition coefficient (Wildman–Crippen LogP) is 4.83. The lowest BCUT2D eigenvalue weighted by Gasteiger charge is -2.39. The molecule has 3 nitrogen and oxygen atoms in total. The lowest BCUT2D eigenvalue weighted by atomic mass is 10.1. The second-order valence-electron chi connectivity index (χ2n) is 5.41. The molecule has 1 aliphatic heterocycles. The number of allylic oxidation sites excluding steroid dienone is 3. The number of halogens is 3. The molecule has 0 aliphatic carbocycles. The van der Waals surface area contributed by atoms with Crippen molar-refractivity contribution in [3.63, 3.8) is 0 Å². The quantitative estimate of drug-likeness (QED) is 0.729. The molecule has 0 saturated heterocycles. The van der Waals surface area contributed by atoms with Crippen LogP contribution in [0.25, 0.3) is 0 Å². The van der Waals surface area contributed by atoms with Gasteiger partial charge in [0.15, 0.2) is 0 Å². The normalized spacial score (nSPS) is 15.5. The fraction of sp³-hybridized carbons (Fsp3) is 0.235. The number of hydrogen-bond donors (Lipinski definition) is 0. The Kier molecular flexibility index (Phi) is 4.63. The van der Waals surface area contributed by atoms with Gasteiger partial charge >= 0.3 is 6.03 Å². The summed E-state index contributed by atoms with van der Waals surface area (Å²) in [6.45, 7) is 9.68. The third kappa shape index (κ3) is 3.02. The first-order valence-electron chi connectivity index (χ1n) is 7.04. The number of fused-ring (bicyclic) bond motifs is 1. The highest BCUT2D eigenvalue weighted by atomic mass is 19.1. The van der Waals surface area contributed by atoms with E-state index < -0.39 is 29.2 Å². The van der Waals surface area contributed by atoms with Gasteiger partial charge < -0.3 is 0 Å². The molecular formula is C17H17F3N2O. The number of rotatable bonds is 4. The molecule has 23 heavy (non-hydrogen) atoms. The smallest absolute Gasteiger partial charge is 0.291 e. The predicted molar refractivity (Wildman–Crippen MR) is 83.5 cm³/mol. The van der Waals surface area contributed by atoms with Gasteiger partial charge in [-0.05, 0) is 43.7 Å². The minimum Gasteiger partial charge on any atom is -0.291 e. The fourth-order valence-corrected chi connectivity index (χ4v) is 2.56. The van der Waals surface area contributed by atoms with E-state index in [1.165, 1.54) is 23.1 Å². The summed E-state index contributed by atoms with van der Waals surface area (Å²) < 4.78 is 41.2. The molecule has 1 aliphatic rings. The third-order valence-corrected chi connectivity index (χ3v) is 3.52. The van der Waals surface area contributed by atoms with Gasteiger partial charge in [-0.1, -0.05) is 13.2 Å². The van der Waals surface area contributed by atoms with E-state index in [0.29, 0.717) is 11.3 Å². The van der Waals surface area contributed by atoms with Crippen molar-refractivity contribution < 1.29 is 18.0 Å². The molecular weight excluding hydrogens is 305 g/mol. The number of amides is 2. The van der Waals surface area contributed by atoms with E-state index in [4.69, 9.17) is 0 Å². The zero-order chi connectivity index (χ0) is 17.3. The van der Waals surface area contributed by atoms with Crippen LogP contribution in [0.5, 0.6) is 0 Å². The van der Waals surface area contributed by atoms with Gasteiger partial charge in [-0.2, -0.15) is 0 Å². The van der Waals surface area contributed by atoms with Crippen LogP contribution in [0.3, 0.4) is 0 Å². The first kappa shape index (κ1) is 16.9. The molecule has 0 unspecified atom stereocenters. The largest absolute Gasteiger partial charge is 0.329 e. The molecule has 0 fully saturated rings. The molecule has 2 rings (SSSR count). The maximum absolute atomic E-state index is 14.0. The molecule has 6 heteroatoms. The van der Waals surface area contributed by atoms with Crippen molar-refractivity contribution in [2.45, 2.75) is 26.4 Å². The first-order chi connectivity index (χ1) is 10.8. The minimum absolute atomic E-state index is 0.158. The molecule has 0 saturated carbocycles. The van der Waals surface area contributed by atoms with Crippen LogP contribution in [0.15, 0.2) is 54.8 Å². The Bertz CT molecular complexity index is 710. The van der Waals surface area contributed by atoms with Crippen molar-refractivity contribution in [3.8, 4) is 0 Å². The Morgan fingerprint density at radius 2 is 2.00 bits per heavy atom. The Morgan fingerprint density at radius 1 is 1.35 bits per heavy atom. The summed E-state index contributed by atoms with van der Waals surface area (Å²) >= 11 is 0. The average Bonchev–Trinajstić information content (AvgIpc) is 2.47.